The first kappa shape index (κ1) is 11.3. The predicted octanol–water partition coefficient (Wildman–Crippen LogP) is 1.90. The van der Waals surface area contributed by atoms with Crippen LogP contribution in [0.5, 0.6) is 0 Å². The van der Waals surface area contributed by atoms with Gasteiger partial charge in [-0.3, -0.25) is 0 Å². The zero-order chi connectivity index (χ0) is 9.36. The molecular weight excluding hydrogens is 182 g/mol. The van der Waals surface area contributed by atoms with Crippen LogP contribution in [0.3, 0.4) is 0 Å². The monoisotopic (exact) mass is 203 g/mol. The SMILES string of the molecule is CCCCOCCNC1CCSC1. The fourth-order valence-electron chi connectivity index (χ4n) is 1.38. The van der Waals surface area contributed by atoms with Gasteiger partial charge in [0.2, 0.25) is 0 Å². The van der Waals surface area contributed by atoms with Gasteiger partial charge in [0.05, 0.1) is 6.61 Å². The van der Waals surface area contributed by atoms with Crippen molar-refractivity contribution in [2.24, 2.45) is 0 Å². The van der Waals surface area contributed by atoms with Crippen LogP contribution >= 0.6 is 11.8 Å². The van der Waals surface area contributed by atoms with E-state index < -0.39 is 0 Å². The van der Waals surface area contributed by atoms with Crippen molar-refractivity contribution in [2.75, 3.05) is 31.3 Å². The van der Waals surface area contributed by atoms with Crippen LogP contribution in [0.25, 0.3) is 0 Å². The Morgan fingerprint density at radius 1 is 1.46 bits per heavy atom. The summed E-state index contributed by atoms with van der Waals surface area (Å²) in [5.74, 6) is 2.61. The molecule has 2 nitrogen and oxygen atoms in total. The van der Waals surface area contributed by atoms with E-state index in [0.717, 1.165) is 25.8 Å². The molecule has 0 saturated carbocycles. The second-order valence-electron chi connectivity index (χ2n) is 3.48. The van der Waals surface area contributed by atoms with Crippen LogP contribution in [0, 0.1) is 0 Å². The smallest absolute Gasteiger partial charge is 0.0591 e. The summed E-state index contributed by atoms with van der Waals surface area (Å²) in [7, 11) is 0. The Morgan fingerprint density at radius 3 is 3.08 bits per heavy atom. The number of thioether (sulfide) groups is 1. The van der Waals surface area contributed by atoms with Crippen LogP contribution in [-0.2, 0) is 4.74 Å². The Kier molecular flexibility index (Phi) is 6.68. The molecular formula is C10H21NOS. The molecule has 13 heavy (non-hydrogen) atoms. The first-order valence-corrected chi connectivity index (χ1v) is 6.48. The third-order valence-electron chi connectivity index (χ3n) is 2.25. The van der Waals surface area contributed by atoms with E-state index in [9.17, 15) is 0 Å². The maximum absolute atomic E-state index is 5.46. The molecule has 0 aromatic heterocycles. The molecule has 0 bridgehead atoms. The molecule has 1 aliphatic heterocycles. The van der Waals surface area contributed by atoms with Crippen molar-refractivity contribution in [3.05, 3.63) is 0 Å². The first-order valence-electron chi connectivity index (χ1n) is 5.32. The highest BCUT2D eigenvalue weighted by atomic mass is 32.2. The molecule has 0 aromatic carbocycles. The minimum Gasteiger partial charge on any atom is -0.380 e. The third-order valence-corrected chi connectivity index (χ3v) is 3.41. The van der Waals surface area contributed by atoms with E-state index in [1.807, 2.05) is 0 Å². The normalized spacial score (nSPS) is 22.4. The van der Waals surface area contributed by atoms with Gasteiger partial charge < -0.3 is 10.1 Å². The van der Waals surface area contributed by atoms with Gasteiger partial charge in [-0.05, 0) is 18.6 Å². The molecule has 0 aromatic rings. The lowest BCUT2D eigenvalue weighted by Gasteiger charge is -2.10. The second-order valence-corrected chi connectivity index (χ2v) is 4.63. The van der Waals surface area contributed by atoms with Crippen molar-refractivity contribution < 1.29 is 4.74 Å². The predicted molar refractivity (Wildman–Crippen MR) is 59.5 cm³/mol. The zero-order valence-corrected chi connectivity index (χ0v) is 9.37. The summed E-state index contributed by atoms with van der Waals surface area (Å²) in [4.78, 5) is 0. The van der Waals surface area contributed by atoms with Gasteiger partial charge >= 0.3 is 0 Å². The average Bonchev–Trinajstić information content (AvgIpc) is 2.63. The summed E-state index contributed by atoms with van der Waals surface area (Å²) in [6.45, 7) is 5.02. The van der Waals surface area contributed by atoms with Gasteiger partial charge in [0.15, 0.2) is 0 Å². The van der Waals surface area contributed by atoms with Crippen molar-refractivity contribution in [1.29, 1.82) is 0 Å². The summed E-state index contributed by atoms with van der Waals surface area (Å²) in [6, 6.07) is 0.750. The Balaban J connectivity index is 1.78. The Bertz CT molecular complexity index is 115. The quantitative estimate of drug-likeness (QED) is 0.639. The Morgan fingerprint density at radius 2 is 2.38 bits per heavy atom. The Hall–Kier alpha value is 0.270. The van der Waals surface area contributed by atoms with E-state index in [1.54, 1.807) is 0 Å². The number of ether oxygens (including phenoxy) is 1. The lowest BCUT2D eigenvalue weighted by Crippen LogP contribution is -2.31. The fourth-order valence-corrected chi connectivity index (χ4v) is 2.57. The highest BCUT2D eigenvalue weighted by Crippen LogP contribution is 2.16. The highest BCUT2D eigenvalue weighted by molar-refractivity contribution is 7.99. The summed E-state index contributed by atoms with van der Waals surface area (Å²) in [5, 5.41) is 3.51. The van der Waals surface area contributed by atoms with Crippen LogP contribution in [0.15, 0.2) is 0 Å². The van der Waals surface area contributed by atoms with E-state index in [-0.39, 0.29) is 0 Å². The number of unbranched alkanes of at least 4 members (excludes halogenated alkanes) is 1. The number of rotatable bonds is 7. The van der Waals surface area contributed by atoms with Gasteiger partial charge in [-0.15, -0.1) is 0 Å². The van der Waals surface area contributed by atoms with Gasteiger partial charge in [0, 0.05) is 24.9 Å². The van der Waals surface area contributed by atoms with E-state index in [2.05, 4.69) is 24.0 Å². The van der Waals surface area contributed by atoms with Crippen molar-refractivity contribution >= 4 is 11.8 Å². The zero-order valence-electron chi connectivity index (χ0n) is 8.55. The summed E-state index contributed by atoms with van der Waals surface area (Å²) in [5.41, 5.74) is 0. The molecule has 1 heterocycles. The van der Waals surface area contributed by atoms with Crippen molar-refractivity contribution in [2.45, 2.75) is 32.2 Å². The van der Waals surface area contributed by atoms with Gasteiger partial charge in [-0.25, -0.2) is 0 Å². The number of hydrogen-bond acceptors (Lipinski definition) is 3. The van der Waals surface area contributed by atoms with Gasteiger partial charge in [0.1, 0.15) is 0 Å². The maximum atomic E-state index is 5.46. The summed E-state index contributed by atoms with van der Waals surface area (Å²) < 4.78 is 5.46. The molecule has 0 amide bonds. The summed E-state index contributed by atoms with van der Waals surface area (Å²) >= 11 is 2.05. The molecule has 1 atom stereocenters. The molecule has 1 N–H and O–H groups in total. The topological polar surface area (TPSA) is 21.3 Å². The van der Waals surface area contributed by atoms with E-state index in [1.165, 1.54) is 30.8 Å². The minimum absolute atomic E-state index is 0.750. The molecule has 78 valence electrons. The van der Waals surface area contributed by atoms with Gasteiger partial charge in [0.25, 0.3) is 0 Å². The molecule has 1 unspecified atom stereocenters. The molecule has 1 rings (SSSR count). The third kappa shape index (κ3) is 5.55. The molecule has 3 heteroatoms. The van der Waals surface area contributed by atoms with Gasteiger partial charge in [-0.1, -0.05) is 13.3 Å². The fraction of sp³-hybridized carbons (Fsp3) is 1.00. The second kappa shape index (κ2) is 7.65. The van der Waals surface area contributed by atoms with Crippen molar-refractivity contribution in [3.63, 3.8) is 0 Å². The molecule has 1 aliphatic rings. The maximum Gasteiger partial charge on any atom is 0.0591 e. The first-order chi connectivity index (χ1) is 6.43. The standard InChI is InChI=1S/C10H21NOS/c1-2-3-6-12-7-5-11-10-4-8-13-9-10/h10-11H,2-9H2,1H3. The molecule has 1 saturated heterocycles. The molecule has 0 radical (unpaired) electrons. The van der Waals surface area contributed by atoms with Crippen LogP contribution in [0.2, 0.25) is 0 Å². The molecule has 0 aliphatic carbocycles. The van der Waals surface area contributed by atoms with Crippen LogP contribution in [0.1, 0.15) is 26.2 Å². The van der Waals surface area contributed by atoms with Gasteiger partial charge in [-0.2, -0.15) is 11.8 Å². The lowest BCUT2D eigenvalue weighted by atomic mass is 10.3. The minimum atomic E-state index is 0.750. The largest absolute Gasteiger partial charge is 0.380 e. The number of hydrogen-bond donors (Lipinski definition) is 1. The van der Waals surface area contributed by atoms with Crippen LogP contribution in [0.4, 0.5) is 0 Å². The van der Waals surface area contributed by atoms with Crippen LogP contribution < -0.4 is 5.32 Å². The van der Waals surface area contributed by atoms with Crippen molar-refractivity contribution in [3.8, 4) is 0 Å². The molecule has 1 fully saturated rings. The van der Waals surface area contributed by atoms with E-state index >= 15 is 0 Å². The Labute approximate surface area is 85.8 Å². The average molecular weight is 203 g/mol. The number of nitrogens with one attached hydrogen (secondary N) is 1. The van der Waals surface area contributed by atoms with E-state index in [0.29, 0.717) is 0 Å². The summed E-state index contributed by atoms with van der Waals surface area (Å²) in [6.07, 6.45) is 3.76. The lowest BCUT2D eigenvalue weighted by molar-refractivity contribution is 0.131. The van der Waals surface area contributed by atoms with Crippen LogP contribution in [-0.4, -0.2) is 37.3 Å². The molecule has 0 spiro atoms. The van der Waals surface area contributed by atoms with E-state index in [4.69, 9.17) is 4.74 Å². The highest BCUT2D eigenvalue weighted by Gasteiger charge is 2.13. The van der Waals surface area contributed by atoms with Crippen molar-refractivity contribution in [1.82, 2.24) is 5.32 Å².